The topological polar surface area (TPSA) is 64.4 Å². The molecule has 0 radical (unpaired) electrons. The third-order valence-electron chi connectivity index (χ3n) is 2.59. The van der Waals surface area contributed by atoms with Crippen LogP contribution < -0.4 is 10.1 Å². The van der Waals surface area contributed by atoms with E-state index in [-0.39, 0.29) is 23.1 Å². The van der Waals surface area contributed by atoms with E-state index in [0.29, 0.717) is 12.5 Å². The summed E-state index contributed by atoms with van der Waals surface area (Å²) in [6.07, 6.45) is 0. The summed E-state index contributed by atoms with van der Waals surface area (Å²) in [4.78, 5) is 10.6. The van der Waals surface area contributed by atoms with Gasteiger partial charge in [0, 0.05) is 18.1 Å². The molecule has 0 aromatic heterocycles. The van der Waals surface area contributed by atoms with Gasteiger partial charge in [-0.05, 0) is 24.1 Å². The molecule has 0 aliphatic carbocycles. The molecule has 0 bridgehead atoms. The van der Waals surface area contributed by atoms with Crippen molar-refractivity contribution in [3.8, 4) is 5.75 Å². The lowest BCUT2D eigenvalue weighted by Gasteiger charge is -2.09. The Labute approximate surface area is 134 Å². The van der Waals surface area contributed by atoms with Crippen LogP contribution in [-0.4, -0.2) is 18.1 Å². The van der Waals surface area contributed by atoms with Crippen LogP contribution in [0.2, 0.25) is 0 Å². The highest BCUT2D eigenvalue weighted by molar-refractivity contribution is 6.36. The Morgan fingerprint density at radius 1 is 1.52 bits per heavy atom. The number of benzene rings is 1. The molecule has 0 saturated heterocycles. The first-order chi connectivity index (χ1) is 9.93. The number of hydrogen-bond acceptors (Lipinski definition) is 4. The van der Waals surface area contributed by atoms with Crippen molar-refractivity contribution in [2.45, 2.75) is 20.4 Å². The molecule has 1 aromatic carbocycles. The van der Waals surface area contributed by atoms with E-state index in [4.69, 9.17) is 27.9 Å². The van der Waals surface area contributed by atoms with Gasteiger partial charge in [0.2, 0.25) is 0 Å². The van der Waals surface area contributed by atoms with E-state index in [1.54, 1.807) is 12.1 Å². The Balaban J connectivity index is 2.79. The van der Waals surface area contributed by atoms with Gasteiger partial charge in [-0.1, -0.05) is 43.1 Å². The van der Waals surface area contributed by atoms with Crippen LogP contribution in [0.15, 0.2) is 28.8 Å². The Morgan fingerprint density at radius 2 is 2.24 bits per heavy atom. The Hall–Kier alpha value is -1.30. The second kappa shape index (κ2) is 8.87. The summed E-state index contributed by atoms with van der Waals surface area (Å²) in [5, 5.41) is 14.6. The molecule has 1 rings (SSSR count). The summed E-state index contributed by atoms with van der Waals surface area (Å²) < 4.78 is 5.30. The predicted molar refractivity (Wildman–Crippen MR) is 84.9 cm³/mol. The maximum Gasteiger partial charge on any atom is 0.311 e. The van der Waals surface area contributed by atoms with Crippen LogP contribution in [0.3, 0.4) is 0 Å². The molecule has 7 heteroatoms. The van der Waals surface area contributed by atoms with Crippen molar-refractivity contribution in [1.29, 1.82) is 0 Å². The smallest absolute Gasteiger partial charge is 0.311 e. The van der Waals surface area contributed by atoms with E-state index in [0.717, 1.165) is 17.6 Å². The first-order valence-corrected chi connectivity index (χ1v) is 7.31. The minimum atomic E-state index is -0.473. The summed E-state index contributed by atoms with van der Waals surface area (Å²) in [5.74, 6) is 0.691. The molecule has 1 N–H and O–H groups in total. The molecule has 0 saturated carbocycles. The molecule has 116 valence electrons. The number of rotatable bonds is 8. The van der Waals surface area contributed by atoms with E-state index in [2.05, 4.69) is 19.2 Å². The third-order valence-corrected chi connectivity index (χ3v) is 3.18. The fourth-order valence-corrected chi connectivity index (χ4v) is 1.74. The normalized spacial score (nSPS) is 11.8. The highest BCUT2D eigenvalue weighted by Crippen LogP contribution is 2.28. The van der Waals surface area contributed by atoms with Gasteiger partial charge >= 0.3 is 5.69 Å². The van der Waals surface area contributed by atoms with E-state index < -0.39 is 4.92 Å². The average molecular weight is 333 g/mol. The van der Waals surface area contributed by atoms with Crippen molar-refractivity contribution >= 4 is 28.9 Å². The zero-order chi connectivity index (χ0) is 15.8. The lowest BCUT2D eigenvalue weighted by atomic mass is 10.1. The molecule has 0 aliphatic heterocycles. The van der Waals surface area contributed by atoms with E-state index in [9.17, 15) is 10.1 Å². The van der Waals surface area contributed by atoms with Gasteiger partial charge in [-0.15, -0.1) is 0 Å². The lowest BCUT2D eigenvalue weighted by molar-refractivity contribution is -0.385. The fourth-order valence-electron chi connectivity index (χ4n) is 1.62. The molecule has 0 unspecified atom stereocenters. The summed E-state index contributed by atoms with van der Waals surface area (Å²) >= 11 is 11.1. The maximum absolute atomic E-state index is 11.1. The molecule has 0 spiro atoms. The zero-order valence-electron chi connectivity index (χ0n) is 11.9. The predicted octanol–water partition coefficient (Wildman–Crippen LogP) is 4.04. The minimum absolute atomic E-state index is 0.00313. The summed E-state index contributed by atoms with van der Waals surface area (Å²) in [7, 11) is 0. The first kappa shape index (κ1) is 17.8. The number of ether oxygens (including phenoxy) is 1. The molecule has 5 nitrogen and oxygen atoms in total. The second-order valence-corrected chi connectivity index (χ2v) is 5.63. The summed E-state index contributed by atoms with van der Waals surface area (Å²) in [6, 6.07) is 4.86. The van der Waals surface area contributed by atoms with Gasteiger partial charge in [0.15, 0.2) is 5.75 Å². The maximum atomic E-state index is 11.1. The lowest BCUT2D eigenvalue weighted by Crippen LogP contribution is -2.19. The SMILES string of the molecule is CC(C)CNCc1ccc(OCC(Cl)=CCl)c([N+](=O)[O-])c1. The van der Waals surface area contributed by atoms with Crippen LogP contribution in [0.5, 0.6) is 5.75 Å². The number of nitrogens with zero attached hydrogens (tertiary/aromatic N) is 1. The van der Waals surface area contributed by atoms with Crippen LogP contribution in [0.25, 0.3) is 0 Å². The molecule has 0 aliphatic rings. The van der Waals surface area contributed by atoms with E-state index >= 15 is 0 Å². The standard InChI is InChI=1S/C14H18Cl2N2O3/c1-10(2)7-17-8-11-3-4-14(13(5-11)18(19)20)21-9-12(16)6-15/h3-6,10,17H,7-9H2,1-2H3. The largest absolute Gasteiger partial charge is 0.481 e. The fraction of sp³-hybridized carbons (Fsp3) is 0.429. The summed E-state index contributed by atoms with van der Waals surface area (Å²) in [5.41, 5.74) is 1.91. The minimum Gasteiger partial charge on any atom is -0.481 e. The van der Waals surface area contributed by atoms with Crippen molar-refractivity contribution in [2.24, 2.45) is 5.92 Å². The van der Waals surface area contributed by atoms with Crippen LogP contribution in [0.1, 0.15) is 19.4 Å². The average Bonchev–Trinajstić information content (AvgIpc) is 2.44. The number of hydrogen-bond donors (Lipinski definition) is 1. The first-order valence-electron chi connectivity index (χ1n) is 6.49. The van der Waals surface area contributed by atoms with Gasteiger partial charge in [0.25, 0.3) is 0 Å². The zero-order valence-corrected chi connectivity index (χ0v) is 13.4. The molecule has 0 fully saturated rings. The molecule has 21 heavy (non-hydrogen) atoms. The third kappa shape index (κ3) is 6.33. The van der Waals surface area contributed by atoms with E-state index in [1.807, 2.05) is 0 Å². The highest BCUT2D eigenvalue weighted by Gasteiger charge is 2.16. The Morgan fingerprint density at radius 3 is 2.81 bits per heavy atom. The number of nitro benzene ring substituents is 1. The number of halogens is 2. The highest BCUT2D eigenvalue weighted by atomic mass is 35.5. The monoisotopic (exact) mass is 332 g/mol. The molecular weight excluding hydrogens is 315 g/mol. The van der Waals surface area contributed by atoms with Crippen molar-refractivity contribution in [1.82, 2.24) is 5.32 Å². The molecular formula is C14H18Cl2N2O3. The molecule has 0 amide bonds. The van der Waals surface area contributed by atoms with Crippen molar-refractivity contribution < 1.29 is 9.66 Å². The second-order valence-electron chi connectivity index (χ2n) is 4.93. The molecule has 0 heterocycles. The van der Waals surface area contributed by atoms with E-state index in [1.165, 1.54) is 6.07 Å². The van der Waals surface area contributed by atoms with Gasteiger partial charge in [0.1, 0.15) is 6.61 Å². The summed E-state index contributed by atoms with van der Waals surface area (Å²) in [6.45, 7) is 5.61. The molecule has 1 aromatic rings. The van der Waals surface area contributed by atoms with Gasteiger partial charge in [-0.3, -0.25) is 10.1 Å². The van der Waals surface area contributed by atoms with Crippen LogP contribution in [-0.2, 0) is 6.54 Å². The van der Waals surface area contributed by atoms with Gasteiger partial charge < -0.3 is 10.1 Å². The van der Waals surface area contributed by atoms with Gasteiger partial charge in [0.05, 0.1) is 9.96 Å². The Bertz CT molecular complexity index is 519. The van der Waals surface area contributed by atoms with Crippen LogP contribution in [0, 0.1) is 16.0 Å². The van der Waals surface area contributed by atoms with Crippen molar-refractivity contribution in [2.75, 3.05) is 13.2 Å². The van der Waals surface area contributed by atoms with Gasteiger partial charge in [-0.2, -0.15) is 0 Å². The Kier molecular flexibility index (Phi) is 7.50. The van der Waals surface area contributed by atoms with Crippen LogP contribution >= 0.6 is 23.2 Å². The number of nitro groups is 1. The number of nitrogens with one attached hydrogen (secondary N) is 1. The van der Waals surface area contributed by atoms with Crippen LogP contribution in [0.4, 0.5) is 5.69 Å². The van der Waals surface area contributed by atoms with Crippen molar-refractivity contribution in [3.05, 3.63) is 44.4 Å². The molecule has 0 atom stereocenters. The quantitative estimate of drug-likeness (QED) is 0.576. The van der Waals surface area contributed by atoms with Crippen molar-refractivity contribution in [3.63, 3.8) is 0 Å². The van der Waals surface area contributed by atoms with Gasteiger partial charge in [-0.25, -0.2) is 0 Å².